The van der Waals surface area contributed by atoms with Gasteiger partial charge in [0.15, 0.2) is 0 Å². The topological polar surface area (TPSA) is 74.3 Å². The molecular weight excluding hydrogens is 396 g/mol. The van der Waals surface area contributed by atoms with Crippen molar-refractivity contribution < 1.29 is 9.59 Å². The number of allylic oxidation sites excluding steroid dienone is 1. The van der Waals surface area contributed by atoms with Gasteiger partial charge in [-0.05, 0) is 70.2 Å². The molecule has 2 N–H and O–H groups in total. The monoisotopic (exact) mass is 426 g/mol. The van der Waals surface area contributed by atoms with Crippen molar-refractivity contribution >= 4 is 33.5 Å². The first-order valence-electron chi connectivity index (χ1n) is 11.0. The summed E-state index contributed by atoms with van der Waals surface area (Å²) >= 11 is 1.78. The van der Waals surface area contributed by atoms with Crippen LogP contribution in [0.25, 0.3) is 10.2 Å². The van der Waals surface area contributed by atoms with E-state index in [-0.39, 0.29) is 18.5 Å². The Morgan fingerprint density at radius 1 is 1.17 bits per heavy atom. The molecular formula is C23H30N4O2S. The molecule has 1 aliphatic heterocycles. The lowest BCUT2D eigenvalue weighted by Crippen LogP contribution is -2.46. The van der Waals surface area contributed by atoms with Crippen LogP contribution >= 0.6 is 11.3 Å². The Kier molecular flexibility index (Phi) is 7.12. The van der Waals surface area contributed by atoms with E-state index in [2.05, 4.69) is 39.8 Å². The van der Waals surface area contributed by atoms with Crippen molar-refractivity contribution in [3.63, 3.8) is 0 Å². The zero-order valence-corrected chi connectivity index (χ0v) is 18.2. The molecule has 30 heavy (non-hydrogen) atoms. The number of carbonyl (C=O) groups is 2. The summed E-state index contributed by atoms with van der Waals surface area (Å²) in [4.78, 5) is 31.1. The molecule has 0 spiro atoms. The van der Waals surface area contributed by atoms with Gasteiger partial charge in [-0.25, -0.2) is 9.78 Å². The number of aromatic nitrogens is 1. The Hall–Kier alpha value is -2.25. The molecule has 1 saturated heterocycles. The maximum absolute atomic E-state index is 12.2. The Labute approximate surface area is 181 Å². The first kappa shape index (κ1) is 21.0. The van der Waals surface area contributed by atoms with Crippen molar-refractivity contribution in [3.05, 3.63) is 40.9 Å². The lowest BCUT2D eigenvalue weighted by atomic mass is 9.97. The quantitative estimate of drug-likeness (QED) is 0.679. The van der Waals surface area contributed by atoms with Gasteiger partial charge in [-0.3, -0.25) is 15.0 Å². The van der Waals surface area contributed by atoms with Gasteiger partial charge in [0.25, 0.3) is 0 Å². The average Bonchev–Trinajstić information content (AvgIpc) is 3.19. The SMILES string of the molecule is O=C(CN1CCC(c2nc3ccccc3s2)CC1)NC(=O)NCCC1=CCCCC1. The van der Waals surface area contributed by atoms with Crippen molar-refractivity contribution in [3.8, 4) is 0 Å². The summed E-state index contributed by atoms with van der Waals surface area (Å²) in [5.74, 6) is 0.224. The van der Waals surface area contributed by atoms with Crippen molar-refractivity contribution in [1.29, 1.82) is 0 Å². The second kappa shape index (κ2) is 10.2. The number of benzene rings is 1. The zero-order chi connectivity index (χ0) is 20.8. The van der Waals surface area contributed by atoms with Crippen LogP contribution in [0, 0.1) is 0 Å². The number of thiazole rings is 1. The Morgan fingerprint density at radius 2 is 2.00 bits per heavy atom. The van der Waals surface area contributed by atoms with Gasteiger partial charge in [0, 0.05) is 12.5 Å². The average molecular weight is 427 g/mol. The minimum Gasteiger partial charge on any atom is -0.337 e. The molecule has 1 aromatic carbocycles. The number of amides is 3. The van der Waals surface area contributed by atoms with Crippen LogP contribution in [0.15, 0.2) is 35.9 Å². The van der Waals surface area contributed by atoms with E-state index in [4.69, 9.17) is 4.98 Å². The molecule has 0 saturated carbocycles. The number of para-hydroxylation sites is 1. The molecule has 2 aromatic rings. The van der Waals surface area contributed by atoms with Crippen LogP contribution in [-0.4, -0.2) is 48.0 Å². The number of imide groups is 1. The third-order valence-corrected chi connectivity index (χ3v) is 7.18. The van der Waals surface area contributed by atoms with E-state index in [1.54, 1.807) is 11.3 Å². The van der Waals surface area contributed by atoms with E-state index in [1.807, 2.05) is 6.07 Å². The number of hydrogen-bond acceptors (Lipinski definition) is 5. The predicted molar refractivity (Wildman–Crippen MR) is 121 cm³/mol. The summed E-state index contributed by atoms with van der Waals surface area (Å²) in [5.41, 5.74) is 2.49. The summed E-state index contributed by atoms with van der Waals surface area (Å²) < 4.78 is 1.24. The smallest absolute Gasteiger partial charge is 0.321 e. The first-order valence-corrected chi connectivity index (χ1v) is 11.8. The predicted octanol–water partition coefficient (Wildman–Crippen LogP) is 4.19. The molecule has 2 aliphatic rings. The van der Waals surface area contributed by atoms with E-state index in [0.717, 1.165) is 50.7 Å². The highest BCUT2D eigenvalue weighted by Gasteiger charge is 2.24. The maximum atomic E-state index is 12.2. The van der Waals surface area contributed by atoms with E-state index in [1.165, 1.54) is 28.1 Å². The van der Waals surface area contributed by atoms with Crippen molar-refractivity contribution in [2.45, 2.75) is 50.9 Å². The summed E-state index contributed by atoms with van der Waals surface area (Å²) in [6.07, 6.45) is 9.94. The molecule has 1 aliphatic carbocycles. The van der Waals surface area contributed by atoms with E-state index < -0.39 is 0 Å². The lowest BCUT2D eigenvalue weighted by Gasteiger charge is -2.30. The van der Waals surface area contributed by atoms with Gasteiger partial charge in [-0.1, -0.05) is 23.8 Å². The number of nitrogens with zero attached hydrogens (tertiary/aromatic N) is 2. The maximum Gasteiger partial charge on any atom is 0.321 e. The highest BCUT2D eigenvalue weighted by atomic mass is 32.1. The van der Waals surface area contributed by atoms with Crippen LogP contribution in [0.4, 0.5) is 4.79 Å². The number of nitrogens with one attached hydrogen (secondary N) is 2. The van der Waals surface area contributed by atoms with Gasteiger partial charge in [-0.2, -0.15) is 0 Å². The minimum absolute atomic E-state index is 0.234. The summed E-state index contributed by atoms with van der Waals surface area (Å²) in [6.45, 7) is 2.55. The number of likely N-dealkylation sites (tertiary alicyclic amines) is 1. The molecule has 1 fully saturated rings. The standard InChI is InChI=1S/C23H30N4O2S/c28-21(26-23(29)24-13-10-17-6-2-1-3-7-17)16-27-14-11-18(12-15-27)22-25-19-8-4-5-9-20(19)30-22/h4-6,8-9,18H,1-3,7,10-16H2,(H2,24,26,28,29). The van der Waals surface area contributed by atoms with Crippen LogP contribution in [0.1, 0.15) is 55.9 Å². The highest BCUT2D eigenvalue weighted by molar-refractivity contribution is 7.18. The lowest BCUT2D eigenvalue weighted by molar-refractivity contribution is -0.121. The Balaban J connectivity index is 1.16. The first-order chi connectivity index (χ1) is 14.7. The van der Waals surface area contributed by atoms with Crippen LogP contribution in [0.5, 0.6) is 0 Å². The second-order valence-corrected chi connectivity index (χ2v) is 9.29. The minimum atomic E-state index is -0.388. The normalized spacial score (nSPS) is 18.2. The van der Waals surface area contributed by atoms with Crippen LogP contribution in [-0.2, 0) is 4.79 Å². The molecule has 0 atom stereocenters. The second-order valence-electron chi connectivity index (χ2n) is 8.23. The molecule has 1 aromatic heterocycles. The molecule has 3 amide bonds. The fourth-order valence-electron chi connectivity index (χ4n) is 4.28. The molecule has 160 valence electrons. The number of fused-ring (bicyclic) bond motifs is 1. The number of hydrogen-bond donors (Lipinski definition) is 2. The number of urea groups is 1. The Morgan fingerprint density at radius 3 is 2.77 bits per heavy atom. The van der Waals surface area contributed by atoms with Crippen molar-refractivity contribution in [1.82, 2.24) is 20.5 Å². The molecule has 0 bridgehead atoms. The summed E-state index contributed by atoms with van der Waals surface area (Å²) in [5, 5.41) is 6.47. The van der Waals surface area contributed by atoms with E-state index in [9.17, 15) is 9.59 Å². The fraction of sp³-hybridized carbons (Fsp3) is 0.522. The van der Waals surface area contributed by atoms with Crippen molar-refractivity contribution in [2.75, 3.05) is 26.2 Å². The zero-order valence-electron chi connectivity index (χ0n) is 17.4. The summed E-state index contributed by atoms with van der Waals surface area (Å²) in [6, 6.07) is 7.87. The molecule has 0 radical (unpaired) electrons. The van der Waals surface area contributed by atoms with Crippen LogP contribution < -0.4 is 10.6 Å². The third-order valence-electron chi connectivity index (χ3n) is 5.98. The number of piperidine rings is 1. The van der Waals surface area contributed by atoms with Crippen LogP contribution in [0.2, 0.25) is 0 Å². The number of carbonyl (C=O) groups excluding carboxylic acids is 2. The molecule has 7 heteroatoms. The van der Waals surface area contributed by atoms with Gasteiger partial charge in [-0.15, -0.1) is 11.3 Å². The highest BCUT2D eigenvalue weighted by Crippen LogP contribution is 2.33. The van der Waals surface area contributed by atoms with Gasteiger partial charge in [0.2, 0.25) is 5.91 Å². The molecule has 6 nitrogen and oxygen atoms in total. The largest absolute Gasteiger partial charge is 0.337 e. The van der Waals surface area contributed by atoms with Gasteiger partial charge < -0.3 is 5.32 Å². The van der Waals surface area contributed by atoms with E-state index >= 15 is 0 Å². The van der Waals surface area contributed by atoms with Gasteiger partial charge >= 0.3 is 6.03 Å². The summed E-state index contributed by atoms with van der Waals surface area (Å²) in [7, 11) is 0. The van der Waals surface area contributed by atoms with Crippen molar-refractivity contribution in [2.24, 2.45) is 0 Å². The molecule has 0 unspecified atom stereocenters. The fourth-order valence-corrected chi connectivity index (χ4v) is 5.42. The van der Waals surface area contributed by atoms with Gasteiger partial charge in [0.1, 0.15) is 0 Å². The Bertz CT molecular complexity index is 882. The number of rotatable bonds is 6. The molecule has 4 rings (SSSR count). The van der Waals surface area contributed by atoms with Gasteiger partial charge in [0.05, 0.1) is 21.8 Å². The van der Waals surface area contributed by atoms with E-state index in [0.29, 0.717) is 12.5 Å². The molecule has 2 heterocycles. The van der Waals surface area contributed by atoms with Crippen LogP contribution in [0.3, 0.4) is 0 Å². The third kappa shape index (κ3) is 5.67.